The standard InChI is InChI=1S/C16H22O4/c1-4-10-20-15-9-8-13(11(2)12(15)3)14(17)6-5-7-16(18)19/h8-9H,4-7,10H2,1-3H3,(H,18,19). The Labute approximate surface area is 119 Å². The van der Waals surface area contributed by atoms with Crippen LogP contribution < -0.4 is 4.74 Å². The lowest BCUT2D eigenvalue weighted by Gasteiger charge is -2.13. The van der Waals surface area contributed by atoms with E-state index in [0.29, 0.717) is 18.6 Å². The maximum Gasteiger partial charge on any atom is 0.303 e. The van der Waals surface area contributed by atoms with Gasteiger partial charge in [0.2, 0.25) is 0 Å². The van der Waals surface area contributed by atoms with Crippen molar-refractivity contribution in [3.8, 4) is 5.75 Å². The highest BCUT2D eigenvalue weighted by atomic mass is 16.5. The summed E-state index contributed by atoms with van der Waals surface area (Å²) in [6, 6.07) is 3.60. The predicted octanol–water partition coefficient (Wildman–Crippen LogP) is 3.53. The zero-order valence-corrected chi connectivity index (χ0v) is 12.4. The van der Waals surface area contributed by atoms with Gasteiger partial charge in [-0.05, 0) is 49.9 Å². The average molecular weight is 278 g/mol. The number of carbonyl (C=O) groups excluding carboxylic acids is 1. The fourth-order valence-corrected chi connectivity index (χ4v) is 2.00. The van der Waals surface area contributed by atoms with Gasteiger partial charge in [0.05, 0.1) is 6.61 Å². The van der Waals surface area contributed by atoms with Crippen LogP contribution >= 0.6 is 0 Å². The zero-order valence-electron chi connectivity index (χ0n) is 12.4. The summed E-state index contributed by atoms with van der Waals surface area (Å²) in [6.07, 6.45) is 1.61. The lowest BCUT2D eigenvalue weighted by atomic mass is 9.96. The third-order valence-electron chi connectivity index (χ3n) is 3.29. The number of rotatable bonds is 8. The van der Waals surface area contributed by atoms with Crippen LogP contribution in [0.5, 0.6) is 5.75 Å². The van der Waals surface area contributed by atoms with E-state index in [1.165, 1.54) is 0 Å². The topological polar surface area (TPSA) is 63.6 Å². The second-order valence-corrected chi connectivity index (χ2v) is 4.88. The number of benzene rings is 1. The minimum atomic E-state index is -0.867. The molecule has 0 saturated heterocycles. The Kier molecular flexibility index (Phi) is 6.22. The van der Waals surface area contributed by atoms with Crippen molar-refractivity contribution < 1.29 is 19.4 Å². The van der Waals surface area contributed by atoms with E-state index in [1.807, 2.05) is 26.8 Å². The van der Waals surface area contributed by atoms with Gasteiger partial charge in [-0.2, -0.15) is 0 Å². The van der Waals surface area contributed by atoms with Crippen LogP contribution in [0.4, 0.5) is 0 Å². The Morgan fingerprint density at radius 2 is 1.85 bits per heavy atom. The SMILES string of the molecule is CCCOc1ccc(C(=O)CCCC(=O)O)c(C)c1C. The summed E-state index contributed by atoms with van der Waals surface area (Å²) in [5.74, 6) is -0.0608. The molecule has 0 heterocycles. The van der Waals surface area contributed by atoms with Crippen molar-refractivity contribution in [3.05, 3.63) is 28.8 Å². The first-order valence-corrected chi connectivity index (χ1v) is 6.95. The summed E-state index contributed by atoms with van der Waals surface area (Å²) in [6.45, 7) is 6.54. The maximum absolute atomic E-state index is 12.1. The molecule has 1 aromatic rings. The molecule has 0 aromatic heterocycles. The van der Waals surface area contributed by atoms with Gasteiger partial charge in [-0.25, -0.2) is 0 Å². The highest BCUT2D eigenvalue weighted by molar-refractivity contribution is 5.98. The molecule has 0 atom stereocenters. The molecule has 0 fully saturated rings. The number of Topliss-reactive ketones (excluding diaryl/α,β-unsaturated/α-hetero) is 1. The van der Waals surface area contributed by atoms with Gasteiger partial charge in [-0.1, -0.05) is 6.92 Å². The summed E-state index contributed by atoms with van der Waals surface area (Å²) in [5, 5.41) is 8.59. The fraction of sp³-hybridized carbons (Fsp3) is 0.500. The Morgan fingerprint density at radius 1 is 1.15 bits per heavy atom. The highest BCUT2D eigenvalue weighted by Gasteiger charge is 2.13. The maximum atomic E-state index is 12.1. The molecule has 0 unspecified atom stereocenters. The molecule has 0 amide bonds. The van der Waals surface area contributed by atoms with Gasteiger partial charge in [-0.3, -0.25) is 9.59 Å². The summed E-state index contributed by atoms with van der Waals surface area (Å²) >= 11 is 0. The number of carboxylic acid groups (broad SMARTS) is 1. The molecular weight excluding hydrogens is 256 g/mol. The van der Waals surface area contributed by atoms with Crippen molar-refractivity contribution in [2.24, 2.45) is 0 Å². The second-order valence-electron chi connectivity index (χ2n) is 4.88. The normalized spacial score (nSPS) is 10.3. The predicted molar refractivity (Wildman–Crippen MR) is 77.5 cm³/mol. The van der Waals surface area contributed by atoms with Gasteiger partial charge in [0.25, 0.3) is 0 Å². The van der Waals surface area contributed by atoms with Crippen LogP contribution in [0.25, 0.3) is 0 Å². The third kappa shape index (κ3) is 4.37. The number of hydrogen-bond acceptors (Lipinski definition) is 3. The number of carbonyl (C=O) groups is 2. The number of aliphatic carboxylic acids is 1. The fourth-order valence-electron chi connectivity index (χ4n) is 2.00. The van der Waals surface area contributed by atoms with Crippen LogP contribution in [0.3, 0.4) is 0 Å². The van der Waals surface area contributed by atoms with Crippen LogP contribution in [0.15, 0.2) is 12.1 Å². The Hall–Kier alpha value is -1.84. The Morgan fingerprint density at radius 3 is 2.45 bits per heavy atom. The minimum absolute atomic E-state index is 0.00566. The molecule has 4 nitrogen and oxygen atoms in total. The van der Waals surface area contributed by atoms with Crippen LogP contribution in [0, 0.1) is 13.8 Å². The Balaban J connectivity index is 2.78. The molecule has 1 N–H and O–H groups in total. The van der Waals surface area contributed by atoms with Crippen molar-refractivity contribution in [3.63, 3.8) is 0 Å². The smallest absolute Gasteiger partial charge is 0.303 e. The summed E-state index contributed by atoms with van der Waals surface area (Å²) in [4.78, 5) is 22.5. The van der Waals surface area contributed by atoms with Crippen LogP contribution in [0.1, 0.15) is 54.1 Å². The van der Waals surface area contributed by atoms with Crippen molar-refractivity contribution >= 4 is 11.8 Å². The summed E-state index contributed by atoms with van der Waals surface area (Å²) in [7, 11) is 0. The van der Waals surface area contributed by atoms with Gasteiger partial charge in [0.1, 0.15) is 5.75 Å². The van der Waals surface area contributed by atoms with Crippen LogP contribution in [-0.4, -0.2) is 23.5 Å². The van der Waals surface area contributed by atoms with E-state index >= 15 is 0 Å². The first kappa shape index (κ1) is 16.2. The highest BCUT2D eigenvalue weighted by Crippen LogP contribution is 2.25. The number of ketones is 1. The molecule has 0 aliphatic rings. The lowest BCUT2D eigenvalue weighted by Crippen LogP contribution is -2.06. The van der Waals surface area contributed by atoms with Gasteiger partial charge in [0, 0.05) is 18.4 Å². The lowest BCUT2D eigenvalue weighted by molar-refractivity contribution is -0.137. The van der Waals surface area contributed by atoms with Crippen molar-refractivity contribution in [2.45, 2.75) is 46.5 Å². The van der Waals surface area contributed by atoms with E-state index < -0.39 is 5.97 Å². The van der Waals surface area contributed by atoms with E-state index in [-0.39, 0.29) is 18.6 Å². The molecule has 0 bridgehead atoms. The molecular formula is C16H22O4. The monoisotopic (exact) mass is 278 g/mol. The van der Waals surface area contributed by atoms with Crippen LogP contribution in [0.2, 0.25) is 0 Å². The van der Waals surface area contributed by atoms with Crippen molar-refractivity contribution in [2.75, 3.05) is 6.61 Å². The second kappa shape index (κ2) is 7.68. The number of hydrogen-bond donors (Lipinski definition) is 1. The molecule has 0 aliphatic heterocycles. The van der Waals surface area contributed by atoms with Crippen molar-refractivity contribution in [1.29, 1.82) is 0 Å². The van der Waals surface area contributed by atoms with Gasteiger partial charge < -0.3 is 9.84 Å². The van der Waals surface area contributed by atoms with Gasteiger partial charge in [-0.15, -0.1) is 0 Å². The van der Waals surface area contributed by atoms with Crippen LogP contribution in [-0.2, 0) is 4.79 Å². The zero-order chi connectivity index (χ0) is 15.1. The van der Waals surface area contributed by atoms with E-state index in [1.54, 1.807) is 6.07 Å². The Bertz CT molecular complexity index is 491. The van der Waals surface area contributed by atoms with Gasteiger partial charge in [0.15, 0.2) is 5.78 Å². The average Bonchev–Trinajstić information content (AvgIpc) is 2.40. The first-order valence-electron chi connectivity index (χ1n) is 6.95. The molecule has 0 radical (unpaired) electrons. The molecule has 0 spiro atoms. The molecule has 110 valence electrons. The van der Waals surface area contributed by atoms with E-state index in [2.05, 4.69) is 0 Å². The van der Waals surface area contributed by atoms with E-state index in [0.717, 1.165) is 23.3 Å². The third-order valence-corrected chi connectivity index (χ3v) is 3.29. The molecule has 1 aromatic carbocycles. The number of carboxylic acids is 1. The summed E-state index contributed by atoms with van der Waals surface area (Å²) < 4.78 is 5.63. The largest absolute Gasteiger partial charge is 0.493 e. The number of ether oxygens (including phenoxy) is 1. The van der Waals surface area contributed by atoms with Crippen molar-refractivity contribution in [1.82, 2.24) is 0 Å². The van der Waals surface area contributed by atoms with Gasteiger partial charge >= 0.3 is 5.97 Å². The molecule has 0 aliphatic carbocycles. The van der Waals surface area contributed by atoms with E-state index in [4.69, 9.17) is 9.84 Å². The van der Waals surface area contributed by atoms with E-state index in [9.17, 15) is 9.59 Å². The first-order chi connectivity index (χ1) is 9.47. The summed E-state index contributed by atoms with van der Waals surface area (Å²) in [5.41, 5.74) is 2.55. The molecule has 20 heavy (non-hydrogen) atoms. The molecule has 4 heteroatoms. The quantitative estimate of drug-likeness (QED) is 0.739. The minimum Gasteiger partial charge on any atom is -0.493 e. The molecule has 0 saturated carbocycles. The molecule has 1 rings (SSSR count).